The largest absolute Gasteiger partial charge is 0.330 e. The molecule has 0 amide bonds. The third kappa shape index (κ3) is 1.39. The Kier molecular flexibility index (Phi) is 2.45. The van der Waals surface area contributed by atoms with Gasteiger partial charge < -0.3 is 11.1 Å². The first-order valence-electron chi connectivity index (χ1n) is 6.02. The third-order valence-electron chi connectivity index (χ3n) is 4.16. The van der Waals surface area contributed by atoms with E-state index in [1.54, 1.807) is 12.1 Å². The Balaban J connectivity index is 1.97. The first-order valence-corrected chi connectivity index (χ1v) is 6.02. The van der Waals surface area contributed by atoms with Crippen molar-refractivity contribution in [3.63, 3.8) is 0 Å². The lowest BCUT2D eigenvalue weighted by Gasteiger charge is -2.29. The topological polar surface area (TPSA) is 38.0 Å². The maximum Gasteiger partial charge on any atom is 0.126 e. The molecular weight excluding hydrogens is 203 g/mol. The summed E-state index contributed by atoms with van der Waals surface area (Å²) in [6.07, 6.45) is 2.34. The Morgan fingerprint density at radius 1 is 1.25 bits per heavy atom. The van der Waals surface area contributed by atoms with Crippen molar-refractivity contribution in [1.29, 1.82) is 0 Å². The van der Waals surface area contributed by atoms with Crippen molar-refractivity contribution in [2.45, 2.75) is 30.8 Å². The van der Waals surface area contributed by atoms with E-state index in [2.05, 4.69) is 5.32 Å². The number of nitrogens with one attached hydrogen (secondary N) is 1. The van der Waals surface area contributed by atoms with E-state index < -0.39 is 0 Å². The monoisotopic (exact) mass is 220 g/mol. The molecule has 0 saturated carbocycles. The van der Waals surface area contributed by atoms with Crippen molar-refractivity contribution >= 4 is 0 Å². The van der Waals surface area contributed by atoms with Crippen LogP contribution in [0.4, 0.5) is 4.39 Å². The fourth-order valence-corrected chi connectivity index (χ4v) is 3.47. The maximum absolute atomic E-state index is 13.8. The lowest BCUT2D eigenvalue weighted by atomic mass is 9.75. The summed E-state index contributed by atoms with van der Waals surface area (Å²) in [6.45, 7) is 0.646. The van der Waals surface area contributed by atoms with E-state index in [0.717, 1.165) is 12.0 Å². The molecule has 4 atom stereocenters. The van der Waals surface area contributed by atoms with Gasteiger partial charge in [0.15, 0.2) is 0 Å². The zero-order chi connectivity index (χ0) is 11.1. The summed E-state index contributed by atoms with van der Waals surface area (Å²) in [5.74, 6) is 0.584. The zero-order valence-electron chi connectivity index (χ0n) is 9.20. The van der Waals surface area contributed by atoms with Crippen LogP contribution in [0.5, 0.6) is 0 Å². The molecule has 3 heteroatoms. The predicted molar refractivity (Wildman–Crippen MR) is 61.6 cm³/mol. The summed E-state index contributed by atoms with van der Waals surface area (Å²) >= 11 is 0. The summed E-state index contributed by atoms with van der Waals surface area (Å²) in [7, 11) is 0. The molecule has 0 radical (unpaired) electrons. The second-order valence-corrected chi connectivity index (χ2v) is 4.90. The molecule has 2 saturated heterocycles. The molecule has 1 aromatic rings. The average molecular weight is 220 g/mol. The Hall–Kier alpha value is -0.930. The first kappa shape index (κ1) is 10.2. The van der Waals surface area contributed by atoms with Crippen LogP contribution >= 0.6 is 0 Å². The quantitative estimate of drug-likeness (QED) is 0.794. The van der Waals surface area contributed by atoms with Gasteiger partial charge in [-0.2, -0.15) is 0 Å². The van der Waals surface area contributed by atoms with E-state index >= 15 is 0 Å². The summed E-state index contributed by atoms with van der Waals surface area (Å²) in [5.41, 5.74) is 6.68. The van der Waals surface area contributed by atoms with Crippen molar-refractivity contribution in [2.24, 2.45) is 11.7 Å². The first-order chi connectivity index (χ1) is 7.81. The molecule has 2 heterocycles. The molecule has 86 valence electrons. The highest BCUT2D eigenvalue weighted by atomic mass is 19.1. The minimum Gasteiger partial charge on any atom is -0.330 e. The molecule has 3 N–H and O–H groups in total. The zero-order valence-corrected chi connectivity index (χ0v) is 9.20. The van der Waals surface area contributed by atoms with E-state index in [1.165, 1.54) is 6.42 Å². The minimum atomic E-state index is -0.0831. The van der Waals surface area contributed by atoms with Gasteiger partial charge in [0.2, 0.25) is 0 Å². The van der Waals surface area contributed by atoms with Gasteiger partial charge in [-0.1, -0.05) is 18.2 Å². The molecule has 16 heavy (non-hydrogen) atoms. The standard InChI is InChI=1S/C13H17FN2/c14-10-4-2-1-3-8(10)13-9(7-15)11-5-6-12(13)16-11/h1-4,9,11-13,16H,5-7,15H2. The number of fused-ring (bicyclic) bond motifs is 2. The molecule has 1 aromatic carbocycles. The van der Waals surface area contributed by atoms with E-state index in [1.807, 2.05) is 12.1 Å². The molecule has 2 nitrogen and oxygen atoms in total. The highest BCUT2D eigenvalue weighted by Crippen LogP contribution is 2.44. The third-order valence-corrected chi connectivity index (χ3v) is 4.16. The van der Waals surface area contributed by atoms with Gasteiger partial charge in [-0.15, -0.1) is 0 Å². The van der Waals surface area contributed by atoms with Crippen LogP contribution in [0.2, 0.25) is 0 Å². The van der Waals surface area contributed by atoms with E-state index in [0.29, 0.717) is 24.5 Å². The number of halogens is 1. The summed E-state index contributed by atoms with van der Waals surface area (Å²) < 4.78 is 13.8. The van der Waals surface area contributed by atoms with Crippen LogP contribution in [0, 0.1) is 11.7 Å². The maximum atomic E-state index is 13.8. The second-order valence-electron chi connectivity index (χ2n) is 4.90. The van der Waals surface area contributed by atoms with Crippen LogP contribution in [-0.4, -0.2) is 18.6 Å². The SMILES string of the molecule is NCC1C2CCC(N2)C1c1ccccc1F. The molecule has 2 fully saturated rings. The van der Waals surface area contributed by atoms with Crippen molar-refractivity contribution in [1.82, 2.24) is 5.32 Å². The van der Waals surface area contributed by atoms with Gasteiger partial charge in [-0.3, -0.25) is 0 Å². The smallest absolute Gasteiger partial charge is 0.126 e. The fraction of sp³-hybridized carbons (Fsp3) is 0.538. The van der Waals surface area contributed by atoms with Crippen molar-refractivity contribution < 1.29 is 4.39 Å². The van der Waals surface area contributed by atoms with Crippen LogP contribution in [0.1, 0.15) is 24.3 Å². The molecule has 0 aliphatic carbocycles. The lowest BCUT2D eigenvalue weighted by Crippen LogP contribution is -2.32. The minimum absolute atomic E-state index is 0.0831. The van der Waals surface area contributed by atoms with Gasteiger partial charge >= 0.3 is 0 Å². The van der Waals surface area contributed by atoms with Gasteiger partial charge in [0.05, 0.1) is 0 Å². The molecule has 3 rings (SSSR count). The van der Waals surface area contributed by atoms with E-state index in [-0.39, 0.29) is 11.7 Å². The van der Waals surface area contributed by atoms with Crippen molar-refractivity contribution in [3.8, 4) is 0 Å². The average Bonchev–Trinajstić information content (AvgIpc) is 2.89. The molecule has 2 bridgehead atoms. The lowest BCUT2D eigenvalue weighted by molar-refractivity contribution is 0.357. The number of hydrogen-bond donors (Lipinski definition) is 2. The van der Waals surface area contributed by atoms with Crippen LogP contribution in [0.3, 0.4) is 0 Å². The van der Waals surface area contributed by atoms with Gasteiger partial charge in [-0.25, -0.2) is 4.39 Å². The fourth-order valence-electron chi connectivity index (χ4n) is 3.47. The number of hydrogen-bond acceptors (Lipinski definition) is 2. The van der Waals surface area contributed by atoms with Crippen LogP contribution in [0.25, 0.3) is 0 Å². The van der Waals surface area contributed by atoms with Gasteiger partial charge in [0.25, 0.3) is 0 Å². The molecule has 0 aromatic heterocycles. The molecular formula is C13H17FN2. The van der Waals surface area contributed by atoms with Gasteiger partial charge in [0.1, 0.15) is 5.82 Å². The molecule has 4 unspecified atom stereocenters. The van der Waals surface area contributed by atoms with Crippen molar-refractivity contribution in [2.75, 3.05) is 6.54 Å². The Morgan fingerprint density at radius 2 is 2.00 bits per heavy atom. The Bertz CT molecular complexity index is 393. The summed E-state index contributed by atoms with van der Waals surface area (Å²) in [6, 6.07) is 8.05. The number of nitrogens with two attached hydrogens (primary N) is 1. The number of benzene rings is 1. The van der Waals surface area contributed by atoms with Crippen LogP contribution < -0.4 is 11.1 Å². The van der Waals surface area contributed by atoms with E-state index in [9.17, 15) is 4.39 Å². The van der Waals surface area contributed by atoms with Gasteiger partial charge in [0, 0.05) is 18.0 Å². The highest BCUT2D eigenvalue weighted by Gasteiger charge is 2.47. The molecule has 2 aliphatic rings. The van der Waals surface area contributed by atoms with Crippen LogP contribution in [0.15, 0.2) is 24.3 Å². The summed E-state index contributed by atoms with van der Waals surface area (Å²) in [4.78, 5) is 0. The highest BCUT2D eigenvalue weighted by molar-refractivity contribution is 5.28. The molecule has 0 spiro atoms. The van der Waals surface area contributed by atoms with Crippen LogP contribution in [-0.2, 0) is 0 Å². The molecule has 2 aliphatic heterocycles. The number of rotatable bonds is 2. The predicted octanol–water partition coefficient (Wildman–Crippen LogP) is 1.62. The Morgan fingerprint density at radius 3 is 2.75 bits per heavy atom. The normalized spacial score (nSPS) is 36.9. The second kappa shape index (κ2) is 3.82. The summed E-state index contributed by atoms with van der Waals surface area (Å²) in [5, 5.41) is 3.56. The van der Waals surface area contributed by atoms with E-state index in [4.69, 9.17) is 5.73 Å². The van der Waals surface area contributed by atoms with Crippen molar-refractivity contribution in [3.05, 3.63) is 35.6 Å². The van der Waals surface area contributed by atoms with Gasteiger partial charge in [-0.05, 0) is 36.9 Å². The Labute approximate surface area is 95.0 Å².